The average Bonchev–Trinajstić information content (AvgIpc) is 3.11. The Hall–Kier alpha value is -0.0300. The van der Waals surface area contributed by atoms with E-state index in [0.29, 0.717) is 24.0 Å². The number of nitrogens with zero attached hydrogens (tertiary/aromatic N) is 2. The van der Waals surface area contributed by atoms with E-state index in [1.54, 1.807) is 0 Å². The molecule has 0 spiro atoms. The maximum atomic E-state index is 13.0. The molecule has 4 fully saturated rings. The van der Waals surface area contributed by atoms with Crippen molar-refractivity contribution in [3.05, 3.63) is 0 Å². The third kappa shape index (κ3) is 3.65. The van der Waals surface area contributed by atoms with Crippen molar-refractivity contribution >= 4 is 30.7 Å². The van der Waals surface area contributed by atoms with E-state index in [9.17, 15) is 4.79 Å². The molecular formula is C17H31Cl2N3O. The number of amides is 1. The Labute approximate surface area is 152 Å². The average molecular weight is 364 g/mol. The second-order valence-corrected chi connectivity index (χ2v) is 7.74. The molecule has 134 valence electrons. The normalized spacial score (nSPS) is 39.9. The van der Waals surface area contributed by atoms with Crippen molar-refractivity contribution in [1.29, 1.82) is 0 Å². The predicted octanol–water partition coefficient (Wildman–Crippen LogP) is 2.45. The zero-order valence-electron chi connectivity index (χ0n) is 14.1. The summed E-state index contributed by atoms with van der Waals surface area (Å²) in [6, 6.07) is 1.74. The summed E-state index contributed by atoms with van der Waals surface area (Å²) in [7, 11) is 0. The van der Waals surface area contributed by atoms with Crippen molar-refractivity contribution < 1.29 is 4.79 Å². The summed E-state index contributed by atoms with van der Waals surface area (Å²) in [4.78, 5) is 17.8. The van der Waals surface area contributed by atoms with E-state index in [0.717, 1.165) is 25.4 Å². The molecule has 5 atom stereocenters. The molecule has 4 aliphatic rings. The van der Waals surface area contributed by atoms with Gasteiger partial charge in [0, 0.05) is 31.2 Å². The molecule has 3 aliphatic heterocycles. The van der Waals surface area contributed by atoms with Gasteiger partial charge in [0.05, 0.1) is 6.04 Å². The van der Waals surface area contributed by atoms with Crippen LogP contribution in [0.2, 0.25) is 0 Å². The van der Waals surface area contributed by atoms with Crippen LogP contribution < -0.4 is 5.32 Å². The van der Waals surface area contributed by atoms with Gasteiger partial charge >= 0.3 is 0 Å². The minimum absolute atomic E-state index is 0. The number of hydrogen-bond donors (Lipinski definition) is 1. The van der Waals surface area contributed by atoms with Crippen molar-refractivity contribution in [3.8, 4) is 0 Å². The van der Waals surface area contributed by atoms with Gasteiger partial charge in [0.1, 0.15) is 0 Å². The first kappa shape index (κ1) is 19.3. The minimum Gasteiger partial charge on any atom is -0.336 e. The van der Waals surface area contributed by atoms with E-state index in [1.165, 1.54) is 45.1 Å². The Balaban J connectivity index is 0.000000960. The Kier molecular flexibility index (Phi) is 6.63. The summed E-state index contributed by atoms with van der Waals surface area (Å²) in [5.41, 5.74) is 0. The number of halogens is 2. The lowest BCUT2D eigenvalue weighted by Crippen LogP contribution is -2.59. The Morgan fingerprint density at radius 3 is 2.61 bits per heavy atom. The first-order valence-corrected chi connectivity index (χ1v) is 9.03. The zero-order chi connectivity index (χ0) is 14.4. The lowest BCUT2D eigenvalue weighted by Gasteiger charge is -2.43. The SMILES string of the molecule is CC1CN2CCCC2CN1C(=O)C1CC2CCCCC2N1.Cl.Cl. The van der Waals surface area contributed by atoms with Crippen molar-refractivity contribution in [2.75, 3.05) is 19.6 Å². The van der Waals surface area contributed by atoms with Gasteiger partial charge in [0.2, 0.25) is 5.91 Å². The third-order valence-electron chi connectivity index (χ3n) is 6.38. The van der Waals surface area contributed by atoms with Crippen LogP contribution in [-0.4, -0.2) is 59.5 Å². The molecule has 1 N–H and O–H groups in total. The van der Waals surface area contributed by atoms with Crippen molar-refractivity contribution in [2.45, 2.75) is 76.0 Å². The minimum atomic E-state index is 0. The standard InChI is InChI=1S/C17H29N3O.2ClH/c1-12-10-19-8-4-6-14(19)11-20(12)17(21)16-9-13-5-2-3-7-15(13)18-16;;/h12-16,18H,2-11H2,1H3;2*1H. The Bertz CT molecular complexity index is 409. The van der Waals surface area contributed by atoms with E-state index in [2.05, 4.69) is 22.0 Å². The van der Waals surface area contributed by atoms with Gasteiger partial charge in [-0.3, -0.25) is 9.69 Å². The number of carbonyl (C=O) groups is 1. The van der Waals surface area contributed by atoms with Crippen LogP contribution in [0.1, 0.15) is 51.9 Å². The molecule has 0 aromatic carbocycles. The van der Waals surface area contributed by atoms with Crippen LogP contribution >= 0.6 is 24.8 Å². The second kappa shape index (κ2) is 7.90. The molecule has 1 saturated carbocycles. The van der Waals surface area contributed by atoms with Crippen LogP contribution in [0.15, 0.2) is 0 Å². The summed E-state index contributed by atoms with van der Waals surface area (Å²) in [5.74, 6) is 1.15. The number of carbonyl (C=O) groups excluding carboxylic acids is 1. The van der Waals surface area contributed by atoms with Crippen molar-refractivity contribution in [2.24, 2.45) is 5.92 Å². The molecule has 4 nitrogen and oxygen atoms in total. The summed E-state index contributed by atoms with van der Waals surface area (Å²) in [6.07, 6.45) is 8.98. The monoisotopic (exact) mass is 363 g/mol. The maximum Gasteiger partial charge on any atom is 0.240 e. The number of hydrogen-bond acceptors (Lipinski definition) is 3. The van der Waals surface area contributed by atoms with Gasteiger partial charge < -0.3 is 10.2 Å². The molecule has 0 bridgehead atoms. The number of piperazine rings is 1. The van der Waals surface area contributed by atoms with Crippen molar-refractivity contribution in [3.63, 3.8) is 0 Å². The van der Waals surface area contributed by atoms with E-state index < -0.39 is 0 Å². The van der Waals surface area contributed by atoms with Gasteiger partial charge in [-0.15, -0.1) is 24.8 Å². The third-order valence-corrected chi connectivity index (χ3v) is 6.38. The highest BCUT2D eigenvalue weighted by Crippen LogP contribution is 2.34. The molecule has 5 unspecified atom stereocenters. The molecule has 0 aromatic rings. The molecule has 0 radical (unpaired) electrons. The number of fused-ring (bicyclic) bond motifs is 2. The topological polar surface area (TPSA) is 35.6 Å². The zero-order valence-corrected chi connectivity index (χ0v) is 15.7. The van der Waals surface area contributed by atoms with Crippen LogP contribution in [0.4, 0.5) is 0 Å². The molecule has 3 heterocycles. The highest BCUT2D eigenvalue weighted by atomic mass is 35.5. The smallest absolute Gasteiger partial charge is 0.240 e. The van der Waals surface area contributed by atoms with Gasteiger partial charge in [-0.05, 0) is 51.5 Å². The van der Waals surface area contributed by atoms with Gasteiger partial charge in [0.15, 0.2) is 0 Å². The molecule has 6 heteroatoms. The summed E-state index contributed by atoms with van der Waals surface area (Å²) in [5, 5.41) is 3.67. The van der Waals surface area contributed by atoms with Gasteiger partial charge in [-0.2, -0.15) is 0 Å². The highest BCUT2D eigenvalue weighted by Gasteiger charge is 2.43. The highest BCUT2D eigenvalue weighted by molar-refractivity contribution is 5.85. The molecular weight excluding hydrogens is 333 g/mol. The van der Waals surface area contributed by atoms with Gasteiger partial charge in [0.25, 0.3) is 0 Å². The maximum absolute atomic E-state index is 13.0. The lowest BCUT2D eigenvalue weighted by atomic mass is 9.85. The van der Waals surface area contributed by atoms with Crippen LogP contribution in [0, 0.1) is 5.92 Å². The lowest BCUT2D eigenvalue weighted by molar-refractivity contribution is -0.138. The fraction of sp³-hybridized carbons (Fsp3) is 0.941. The Morgan fingerprint density at radius 1 is 1.04 bits per heavy atom. The fourth-order valence-corrected chi connectivity index (χ4v) is 5.21. The van der Waals surface area contributed by atoms with Crippen LogP contribution in [0.3, 0.4) is 0 Å². The quantitative estimate of drug-likeness (QED) is 0.776. The van der Waals surface area contributed by atoms with Crippen LogP contribution in [-0.2, 0) is 4.79 Å². The second-order valence-electron chi connectivity index (χ2n) is 7.74. The van der Waals surface area contributed by atoms with Gasteiger partial charge in [-0.1, -0.05) is 12.8 Å². The first-order chi connectivity index (χ1) is 10.2. The first-order valence-electron chi connectivity index (χ1n) is 9.03. The van der Waals surface area contributed by atoms with E-state index >= 15 is 0 Å². The molecule has 4 rings (SSSR count). The molecule has 0 aromatic heterocycles. The summed E-state index contributed by atoms with van der Waals surface area (Å²) in [6.45, 7) is 5.51. The van der Waals surface area contributed by atoms with Gasteiger partial charge in [-0.25, -0.2) is 0 Å². The molecule has 3 saturated heterocycles. The molecule has 23 heavy (non-hydrogen) atoms. The van der Waals surface area contributed by atoms with E-state index in [4.69, 9.17) is 0 Å². The van der Waals surface area contributed by atoms with Crippen molar-refractivity contribution in [1.82, 2.24) is 15.1 Å². The molecule has 1 aliphatic carbocycles. The predicted molar refractivity (Wildman–Crippen MR) is 97.6 cm³/mol. The van der Waals surface area contributed by atoms with E-state index in [1.807, 2.05) is 0 Å². The molecule has 1 amide bonds. The van der Waals surface area contributed by atoms with Crippen LogP contribution in [0.5, 0.6) is 0 Å². The Morgan fingerprint density at radius 2 is 1.83 bits per heavy atom. The number of rotatable bonds is 1. The van der Waals surface area contributed by atoms with Crippen LogP contribution in [0.25, 0.3) is 0 Å². The fourth-order valence-electron chi connectivity index (χ4n) is 5.21. The summed E-state index contributed by atoms with van der Waals surface area (Å²) < 4.78 is 0. The summed E-state index contributed by atoms with van der Waals surface area (Å²) >= 11 is 0. The van der Waals surface area contributed by atoms with E-state index in [-0.39, 0.29) is 30.9 Å². The number of nitrogens with one attached hydrogen (secondary N) is 1. The largest absolute Gasteiger partial charge is 0.336 e.